The van der Waals surface area contributed by atoms with Crippen LogP contribution in [-0.2, 0) is 18.9 Å². The van der Waals surface area contributed by atoms with Gasteiger partial charge in [0.25, 0.3) is 0 Å². The summed E-state index contributed by atoms with van der Waals surface area (Å²) in [5.41, 5.74) is -0.103. The Morgan fingerprint density at radius 1 is 1.22 bits per heavy atom. The van der Waals surface area contributed by atoms with Crippen LogP contribution in [0.2, 0.25) is 0 Å². The number of rotatable bonds is 1. The quantitative estimate of drug-likeness (QED) is 0.740. The third-order valence-electron chi connectivity index (χ3n) is 5.16. The number of fused-ring (bicyclic) bond motifs is 4. The minimum absolute atomic E-state index is 0.0311. The van der Waals surface area contributed by atoms with Crippen LogP contribution in [0.1, 0.15) is 20.3 Å². The summed E-state index contributed by atoms with van der Waals surface area (Å²) in [7, 11) is 0. The molecule has 0 aromatic carbocycles. The molecule has 5 nitrogen and oxygen atoms in total. The molecule has 3 saturated heterocycles. The van der Waals surface area contributed by atoms with Crippen LogP contribution in [0.3, 0.4) is 0 Å². The summed E-state index contributed by atoms with van der Waals surface area (Å²) in [4.78, 5) is 0. The molecular formula is C13H20O5. The molecule has 6 atom stereocenters. The predicted octanol–water partition coefficient (Wildman–Crippen LogP) is 0.508. The Bertz CT molecular complexity index is 366. The van der Waals surface area contributed by atoms with Gasteiger partial charge in [0.05, 0.1) is 19.3 Å². The number of aliphatic hydroxyl groups is 1. The van der Waals surface area contributed by atoms with Gasteiger partial charge in [-0.25, -0.2) is 0 Å². The highest BCUT2D eigenvalue weighted by Gasteiger charge is 2.72. The molecule has 0 aromatic rings. The van der Waals surface area contributed by atoms with E-state index in [-0.39, 0.29) is 30.5 Å². The van der Waals surface area contributed by atoms with Gasteiger partial charge in [0.1, 0.15) is 6.10 Å². The van der Waals surface area contributed by atoms with Crippen molar-refractivity contribution in [2.24, 2.45) is 17.3 Å². The molecule has 4 aliphatic rings. The highest BCUT2D eigenvalue weighted by Crippen LogP contribution is 2.65. The lowest BCUT2D eigenvalue weighted by Gasteiger charge is -2.53. The van der Waals surface area contributed by atoms with Crippen molar-refractivity contribution in [3.63, 3.8) is 0 Å². The molecule has 0 amide bonds. The molecule has 1 N–H and O–H groups in total. The van der Waals surface area contributed by atoms with Crippen LogP contribution in [-0.4, -0.2) is 49.2 Å². The summed E-state index contributed by atoms with van der Waals surface area (Å²) in [6.45, 7) is 5.46. The first-order chi connectivity index (χ1) is 8.57. The Labute approximate surface area is 106 Å². The second-order valence-electron chi connectivity index (χ2n) is 6.45. The summed E-state index contributed by atoms with van der Waals surface area (Å²) in [5.74, 6) is 0.462. The van der Waals surface area contributed by atoms with Crippen molar-refractivity contribution in [2.75, 3.05) is 19.8 Å². The van der Waals surface area contributed by atoms with Gasteiger partial charge < -0.3 is 24.1 Å². The largest absolute Gasteiger partial charge is 0.394 e. The summed E-state index contributed by atoms with van der Waals surface area (Å²) in [6, 6.07) is 0. The second kappa shape index (κ2) is 3.46. The van der Waals surface area contributed by atoms with E-state index in [1.807, 2.05) is 13.8 Å². The summed E-state index contributed by atoms with van der Waals surface area (Å²) < 4.78 is 23.3. The number of hydrogen-bond donors (Lipinski definition) is 1. The Balaban J connectivity index is 1.67. The molecule has 0 radical (unpaired) electrons. The van der Waals surface area contributed by atoms with Gasteiger partial charge in [0.2, 0.25) is 0 Å². The SMILES string of the molecule is CC1(C)O[C@H]2O[C@H](CO)[C@]3(C[C@@H]4COC[C@@H]43)[C@H]2O1. The van der Waals surface area contributed by atoms with Crippen LogP contribution in [0.15, 0.2) is 0 Å². The molecular weight excluding hydrogens is 236 g/mol. The molecule has 102 valence electrons. The van der Waals surface area contributed by atoms with Crippen molar-refractivity contribution in [2.45, 2.75) is 44.6 Å². The first-order valence-corrected chi connectivity index (χ1v) is 6.76. The normalized spacial score (nSPS) is 56.5. The van der Waals surface area contributed by atoms with Crippen LogP contribution < -0.4 is 0 Å². The minimum atomic E-state index is -0.590. The van der Waals surface area contributed by atoms with Crippen LogP contribution in [0.25, 0.3) is 0 Å². The van der Waals surface area contributed by atoms with Crippen LogP contribution in [0.5, 0.6) is 0 Å². The van der Waals surface area contributed by atoms with Gasteiger partial charge in [-0.05, 0) is 32.1 Å². The second-order valence-corrected chi connectivity index (χ2v) is 6.45. The van der Waals surface area contributed by atoms with E-state index >= 15 is 0 Å². The first kappa shape index (κ1) is 11.6. The zero-order valence-corrected chi connectivity index (χ0v) is 10.8. The van der Waals surface area contributed by atoms with Crippen molar-refractivity contribution in [3.8, 4) is 0 Å². The van der Waals surface area contributed by atoms with Gasteiger partial charge in [-0.2, -0.15) is 0 Å². The van der Waals surface area contributed by atoms with Gasteiger partial charge in [-0.3, -0.25) is 0 Å². The minimum Gasteiger partial charge on any atom is -0.394 e. The van der Waals surface area contributed by atoms with Crippen LogP contribution >= 0.6 is 0 Å². The van der Waals surface area contributed by atoms with Crippen LogP contribution in [0.4, 0.5) is 0 Å². The van der Waals surface area contributed by atoms with E-state index < -0.39 is 5.79 Å². The number of aliphatic hydroxyl groups excluding tert-OH is 1. The maximum Gasteiger partial charge on any atom is 0.188 e. The highest BCUT2D eigenvalue weighted by atomic mass is 16.8. The van der Waals surface area contributed by atoms with Crippen molar-refractivity contribution in [3.05, 3.63) is 0 Å². The fraction of sp³-hybridized carbons (Fsp3) is 1.00. The Morgan fingerprint density at radius 2 is 2.06 bits per heavy atom. The fourth-order valence-corrected chi connectivity index (χ4v) is 4.41. The van der Waals surface area contributed by atoms with Gasteiger partial charge in [0.15, 0.2) is 12.1 Å². The van der Waals surface area contributed by atoms with E-state index in [4.69, 9.17) is 18.9 Å². The highest BCUT2D eigenvalue weighted by molar-refractivity contribution is 5.16. The molecule has 0 aromatic heterocycles. The summed E-state index contributed by atoms with van der Waals surface area (Å²) in [5, 5.41) is 9.59. The van der Waals surface area contributed by atoms with Gasteiger partial charge >= 0.3 is 0 Å². The van der Waals surface area contributed by atoms with Crippen molar-refractivity contribution >= 4 is 0 Å². The lowest BCUT2D eigenvalue weighted by molar-refractivity contribution is -0.242. The zero-order chi connectivity index (χ0) is 12.5. The van der Waals surface area contributed by atoms with Gasteiger partial charge in [-0.15, -0.1) is 0 Å². The molecule has 1 aliphatic carbocycles. The van der Waals surface area contributed by atoms with E-state index in [2.05, 4.69) is 0 Å². The van der Waals surface area contributed by atoms with Crippen molar-refractivity contribution in [1.82, 2.24) is 0 Å². The van der Waals surface area contributed by atoms with E-state index in [1.165, 1.54) is 0 Å². The first-order valence-electron chi connectivity index (χ1n) is 6.76. The molecule has 1 spiro atoms. The number of hydrogen-bond acceptors (Lipinski definition) is 5. The monoisotopic (exact) mass is 256 g/mol. The lowest BCUT2D eigenvalue weighted by Crippen LogP contribution is -2.59. The summed E-state index contributed by atoms with van der Waals surface area (Å²) in [6.07, 6.45) is 0.446. The Hall–Kier alpha value is -0.200. The molecule has 0 bridgehead atoms. The molecule has 18 heavy (non-hydrogen) atoms. The molecule has 3 heterocycles. The molecule has 1 saturated carbocycles. The average Bonchev–Trinajstić information content (AvgIpc) is 2.87. The zero-order valence-electron chi connectivity index (χ0n) is 10.8. The third-order valence-corrected chi connectivity index (χ3v) is 5.16. The Kier molecular flexibility index (Phi) is 2.23. The molecule has 4 rings (SSSR count). The maximum absolute atomic E-state index is 9.59. The summed E-state index contributed by atoms with van der Waals surface area (Å²) >= 11 is 0. The smallest absolute Gasteiger partial charge is 0.188 e. The molecule has 0 unspecified atom stereocenters. The Morgan fingerprint density at radius 3 is 2.78 bits per heavy atom. The lowest BCUT2D eigenvalue weighted by atomic mass is 9.51. The van der Waals surface area contributed by atoms with E-state index in [1.54, 1.807) is 0 Å². The van der Waals surface area contributed by atoms with Crippen molar-refractivity contribution < 1.29 is 24.1 Å². The molecule has 5 heteroatoms. The third kappa shape index (κ3) is 1.24. The van der Waals surface area contributed by atoms with Gasteiger partial charge in [-0.1, -0.05) is 0 Å². The molecule has 3 aliphatic heterocycles. The molecule has 4 fully saturated rings. The fourth-order valence-electron chi connectivity index (χ4n) is 4.41. The topological polar surface area (TPSA) is 57.2 Å². The van der Waals surface area contributed by atoms with Gasteiger partial charge in [0, 0.05) is 12.0 Å². The maximum atomic E-state index is 9.59. The van der Waals surface area contributed by atoms with E-state index in [0.29, 0.717) is 11.8 Å². The number of ether oxygens (including phenoxy) is 4. The van der Waals surface area contributed by atoms with Crippen LogP contribution in [0, 0.1) is 17.3 Å². The predicted molar refractivity (Wildman–Crippen MR) is 60.6 cm³/mol. The standard InChI is InChI=1S/C13H20O5/c1-12(2)17-10-11(18-12)16-9(4-14)13(10)3-7-5-15-6-8(7)13/h7-11,14H,3-6H2,1-2H3/t7-,8+,9-,10+,11-,13-/m1/s1. The average molecular weight is 256 g/mol. The van der Waals surface area contributed by atoms with E-state index in [9.17, 15) is 5.11 Å². The van der Waals surface area contributed by atoms with Crippen molar-refractivity contribution in [1.29, 1.82) is 0 Å². The van der Waals surface area contributed by atoms with E-state index in [0.717, 1.165) is 19.6 Å².